The van der Waals surface area contributed by atoms with E-state index in [0.29, 0.717) is 17.0 Å². The van der Waals surface area contributed by atoms with Crippen LogP contribution in [-0.2, 0) is 11.5 Å². The Kier molecular flexibility index (Phi) is 5.43. The number of halogens is 2. The third kappa shape index (κ3) is 4.58. The molecule has 3 heterocycles. The molecule has 25 heavy (non-hydrogen) atoms. The predicted octanol–water partition coefficient (Wildman–Crippen LogP) is 5.11. The van der Waals surface area contributed by atoms with E-state index < -0.39 is 8.07 Å². The van der Waals surface area contributed by atoms with E-state index in [9.17, 15) is 0 Å². The van der Waals surface area contributed by atoms with Gasteiger partial charge in [0, 0.05) is 32.3 Å². The molecule has 3 aromatic heterocycles. The number of pyridine rings is 1. The van der Waals surface area contributed by atoms with E-state index in [1.165, 1.54) is 6.33 Å². The van der Waals surface area contributed by atoms with Gasteiger partial charge in [0.2, 0.25) is 0 Å². The minimum absolute atomic E-state index is 0.401. The molecule has 3 rings (SSSR count). The van der Waals surface area contributed by atoms with E-state index >= 15 is 0 Å². The van der Waals surface area contributed by atoms with Crippen LogP contribution in [0.1, 0.15) is 0 Å². The van der Waals surface area contributed by atoms with Gasteiger partial charge in [-0.05, 0) is 18.2 Å². The number of fused-ring (bicyclic) bond motifs is 1. The zero-order valence-electron chi connectivity index (χ0n) is 14.5. The number of ether oxygens (including phenoxy) is 1. The molecule has 132 valence electrons. The number of nitrogens with zero attached hydrogens (tertiary/aromatic N) is 4. The van der Waals surface area contributed by atoms with Crippen LogP contribution in [0, 0.1) is 0 Å². The second-order valence-electron chi connectivity index (χ2n) is 7.10. The largest absolute Gasteiger partial charge is 0.361 e. The summed E-state index contributed by atoms with van der Waals surface area (Å²) in [6.07, 6.45) is 3.21. The lowest BCUT2D eigenvalue weighted by atomic mass is 10.3. The third-order valence-electron chi connectivity index (χ3n) is 3.87. The van der Waals surface area contributed by atoms with Crippen LogP contribution in [0.5, 0.6) is 0 Å². The molecule has 0 spiro atoms. The lowest BCUT2D eigenvalue weighted by Crippen LogP contribution is -2.22. The van der Waals surface area contributed by atoms with Crippen molar-refractivity contribution in [2.75, 3.05) is 6.61 Å². The van der Waals surface area contributed by atoms with Gasteiger partial charge in [0.05, 0.1) is 16.9 Å². The van der Waals surface area contributed by atoms with E-state index in [1.54, 1.807) is 12.3 Å². The lowest BCUT2D eigenvalue weighted by molar-refractivity contribution is 0.0912. The summed E-state index contributed by atoms with van der Waals surface area (Å²) in [4.78, 5) is 12.4. The molecule has 0 aliphatic rings. The minimum atomic E-state index is -1.13. The van der Waals surface area contributed by atoms with Gasteiger partial charge in [-0.2, -0.15) is 0 Å². The summed E-state index contributed by atoms with van der Waals surface area (Å²) in [5, 5.41) is 1.82. The normalized spacial score (nSPS) is 12.0. The maximum atomic E-state index is 6.09. The standard InChI is InChI=1S/C17H20Cl2N4OSi/c1-25(2,3)5-4-24-11-23-14-8-17(19)20-9-12(14)6-15(23)13-7-16(18)22-10-21-13/h6-10H,4-5,11H2,1-3H3. The van der Waals surface area contributed by atoms with E-state index in [4.69, 9.17) is 27.9 Å². The van der Waals surface area contributed by atoms with Crippen molar-refractivity contribution in [3.05, 3.63) is 41.0 Å². The first-order chi connectivity index (χ1) is 11.8. The molecule has 0 N–H and O–H groups in total. The van der Waals surface area contributed by atoms with Crippen LogP contribution >= 0.6 is 23.2 Å². The monoisotopic (exact) mass is 394 g/mol. The van der Waals surface area contributed by atoms with Crippen LogP contribution in [0.25, 0.3) is 22.3 Å². The predicted molar refractivity (Wildman–Crippen MR) is 105 cm³/mol. The molecule has 0 aliphatic carbocycles. The number of hydrogen-bond acceptors (Lipinski definition) is 4. The molecule has 5 nitrogen and oxygen atoms in total. The van der Waals surface area contributed by atoms with Gasteiger partial charge in [-0.1, -0.05) is 42.8 Å². The molecule has 0 bridgehead atoms. The van der Waals surface area contributed by atoms with Gasteiger partial charge < -0.3 is 9.30 Å². The maximum Gasteiger partial charge on any atom is 0.133 e. The van der Waals surface area contributed by atoms with Gasteiger partial charge in [-0.3, -0.25) is 0 Å². The molecule has 0 atom stereocenters. The fraction of sp³-hybridized carbons (Fsp3) is 0.353. The van der Waals surface area contributed by atoms with Crippen molar-refractivity contribution in [3.8, 4) is 11.4 Å². The molecule has 3 aromatic rings. The zero-order chi connectivity index (χ0) is 18.0. The molecule has 0 saturated heterocycles. The third-order valence-corrected chi connectivity index (χ3v) is 5.98. The van der Waals surface area contributed by atoms with Crippen molar-refractivity contribution in [2.24, 2.45) is 0 Å². The molecular formula is C17H20Cl2N4OSi. The lowest BCUT2D eigenvalue weighted by Gasteiger charge is -2.16. The van der Waals surface area contributed by atoms with Crippen LogP contribution < -0.4 is 0 Å². The van der Waals surface area contributed by atoms with Crippen molar-refractivity contribution in [1.82, 2.24) is 19.5 Å². The molecule has 0 fully saturated rings. The Hall–Kier alpha value is -1.47. The summed E-state index contributed by atoms with van der Waals surface area (Å²) in [5.74, 6) is 0. The zero-order valence-corrected chi connectivity index (χ0v) is 17.0. The molecule has 0 saturated carbocycles. The molecule has 0 unspecified atom stereocenters. The van der Waals surface area contributed by atoms with Crippen molar-refractivity contribution >= 4 is 42.2 Å². The minimum Gasteiger partial charge on any atom is -0.361 e. The van der Waals surface area contributed by atoms with Crippen molar-refractivity contribution < 1.29 is 4.74 Å². The number of aromatic nitrogens is 4. The van der Waals surface area contributed by atoms with Crippen molar-refractivity contribution in [3.63, 3.8) is 0 Å². The van der Waals surface area contributed by atoms with Gasteiger partial charge in [0.15, 0.2) is 0 Å². The first-order valence-electron chi connectivity index (χ1n) is 8.04. The van der Waals surface area contributed by atoms with Crippen molar-refractivity contribution in [2.45, 2.75) is 32.4 Å². The van der Waals surface area contributed by atoms with E-state index in [-0.39, 0.29) is 0 Å². The van der Waals surface area contributed by atoms with E-state index in [2.05, 4.69) is 34.6 Å². The summed E-state index contributed by atoms with van der Waals surface area (Å²) in [6, 6.07) is 6.71. The molecule has 0 amide bonds. The molecule has 0 aromatic carbocycles. The maximum absolute atomic E-state index is 6.09. The van der Waals surface area contributed by atoms with Gasteiger partial charge in [0.25, 0.3) is 0 Å². The quantitative estimate of drug-likeness (QED) is 0.252. The fourth-order valence-corrected chi connectivity index (χ4v) is 3.55. The first kappa shape index (κ1) is 18.3. The highest BCUT2D eigenvalue weighted by molar-refractivity contribution is 6.76. The highest BCUT2D eigenvalue weighted by Gasteiger charge is 2.15. The fourth-order valence-electron chi connectivity index (χ4n) is 2.49. The SMILES string of the molecule is C[Si](C)(C)CCOCn1c(-c2cc(Cl)ncn2)cc2cnc(Cl)cc21. The average molecular weight is 395 g/mol. The Morgan fingerprint density at radius 3 is 2.52 bits per heavy atom. The average Bonchev–Trinajstić information content (AvgIpc) is 2.88. The van der Waals surface area contributed by atoms with Crippen molar-refractivity contribution in [1.29, 1.82) is 0 Å². The highest BCUT2D eigenvalue weighted by Crippen LogP contribution is 2.29. The van der Waals surface area contributed by atoms with Crippen LogP contribution in [0.2, 0.25) is 36.0 Å². The number of hydrogen-bond donors (Lipinski definition) is 0. The van der Waals surface area contributed by atoms with Crippen LogP contribution in [0.3, 0.4) is 0 Å². The second-order valence-corrected chi connectivity index (χ2v) is 13.5. The summed E-state index contributed by atoms with van der Waals surface area (Å²) in [6.45, 7) is 8.16. The van der Waals surface area contributed by atoms with E-state index in [1.807, 2.05) is 16.7 Å². The summed E-state index contributed by atoms with van der Waals surface area (Å²) in [7, 11) is -1.13. The highest BCUT2D eigenvalue weighted by atomic mass is 35.5. The van der Waals surface area contributed by atoms with Crippen LogP contribution in [-0.4, -0.2) is 34.2 Å². The molecule has 0 aliphatic heterocycles. The Morgan fingerprint density at radius 2 is 1.80 bits per heavy atom. The Bertz CT molecular complexity index is 892. The molecule has 0 radical (unpaired) electrons. The summed E-state index contributed by atoms with van der Waals surface area (Å²) < 4.78 is 8.00. The van der Waals surface area contributed by atoms with Gasteiger partial charge in [0.1, 0.15) is 23.4 Å². The molecular weight excluding hydrogens is 375 g/mol. The molecule has 8 heteroatoms. The Labute approximate surface area is 158 Å². The summed E-state index contributed by atoms with van der Waals surface area (Å²) >= 11 is 12.1. The van der Waals surface area contributed by atoms with E-state index in [0.717, 1.165) is 34.9 Å². The summed E-state index contributed by atoms with van der Waals surface area (Å²) in [5.41, 5.74) is 2.59. The smallest absolute Gasteiger partial charge is 0.133 e. The topological polar surface area (TPSA) is 52.8 Å². The first-order valence-corrected chi connectivity index (χ1v) is 12.5. The number of rotatable bonds is 6. The van der Waals surface area contributed by atoms with Gasteiger partial charge in [-0.15, -0.1) is 0 Å². The van der Waals surface area contributed by atoms with Crippen LogP contribution in [0.4, 0.5) is 0 Å². The van der Waals surface area contributed by atoms with Gasteiger partial charge >= 0.3 is 0 Å². The Balaban J connectivity index is 1.95. The van der Waals surface area contributed by atoms with Gasteiger partial charge in [-0.25, -0.2) is 15.0 Å². The Morgan fingerprint density at radius 1 is 1.04 bits per heavy atom. The van der Waals surface area contributed by atoms with Crippen LogP contribution in [0.15, 0.2) is 30.7 Å². The second kappa shape index (κ2) is 7.41.